The van der Waals surface area contributed by atoms with Crippen molar-refractivity contribution < 1.29 is 47.8 Å². The molecule has 80 heavy (non-hydrogen) atoms. The Morgan fingerprint density at radius 1 is 0.762 bits per heavy atom. The number of hydrogen-bond donors (Lipinski definition) is 5. The van der Waals surface area contributed by atoms with Crippen LogP contribution in [0.2, 0.25) is 0 Å². The van der Waals surface area contributed by atoms with Crippen LogP contribution in [0.25, 0.3) is 22.1 Å². The Hall–Kier alpha value is -9.95. The summed E-state index contributed by atoms with van der Waals surface area (Å²) >= 11 is 0. The molecule has 7 aromatic rings. The molecule has 27 nitrogen and oxygen atoms in total. The highest BCUT2D eigenvalue weighted by Crippen LogP contribution is 2.33. The van der Waals surface area contributed by atoms with Crippen LogP contribution < -0.4 is 36.9 Å². The van der Waals surface area contributed by atoms with Crippen LogP contribution in [0.15, 0.2) is 73.2 Å². The number of nitrogens with zero attached hydrogens (tertiary/aromatic N) is 12. The summed E-state index contributed by atoms with van der Waals surface area (Å²) in [6.07, 6.45) is 9.19. The number of imidazole rings is 3. The number of allylic oxidation sites excluding steroid dienone is 2. The van der Waals surface area contributed by atoms with Gasteiger partial charge in [0, 0.05) is 95.7 Å². The van der Waals surface area contributed by atoms with Gasteiger partial charge in [-0.2, -0.15) is 10.2 Å². The van der Waals surface area contributed by atoms with E-state index in [1.807, 2.05) is 13.8 Å². The first-order valence-corrected chi connectivity index (χ1v) is 25.5. The van der Waals surface area contributed by atoms with E-state index in [1.165, 1.54) is 36.3 Å². The van der Waals surface area contributed by atoms with E-state index >= 15 is 0 Å². The van der Waals surface area contributed by atoms with Gasteiger partial charge >= 0.3 is 0 Å². The number of fused-ring (bicyclic) bond motifs is 2. The number of amides is 8. The van der Waals surface area contributed by atoms with Gasteiger partial charge in [-0.3, -0.25) is 63.3 Å². The van der Waals surface area contributed by atoms with Crippen LogP contribution in [0, 0.1) is 13.8 Å². The second kappa shape index (κ2) is 24.2. The first-order valence-electron chi connectivity index (χ1n) is 25.5. The molecule has 7 N–H and O–H groups in total. The summed E-state index contributed by atoms with van der Waals surface area (Å²) in [4.78, 5) is 121. The monoisotopic (exact) mass is 1100 g/mol. The molecule has 0 fully saturated rings. The molecular weight excluding hydrogens is 1030 g/mol. The predicted octanol–water partition coefficient (Wildman–Crippen LogP) is 2.41. The summed E-state index contributed by atoms with van der Waals surface area (Å²) in [7, 11) is 4.77. The zero-order chi connectivity index (χ0) is 57.5. The number of imide groups is 1. The molecule has 8 rings (SSSR count). The van der Waals surface area contributed by atoms with Crippen LogP contribution in [0.4, 0.5) is 11.9 Å². The molecule has 418 valence electrons. The summed E-state index contributed by atoms with van der Waals surface area (Å²) in [5, 5.41) is 17.4. The maximum atomic E-state index is 14.0. The molecule has 1 atom stereocenters. The van der Waals surface area contributed by atoms with Crippen molar-refractivity contribution in [3.05, 3.63) is 113 Å². The van der Waals surface area contributed by atoms with Gasteiger partial charge in [-0.1, -0.05) is 12.2 Å². The van der Waals surface area contributed by atoms with Crippen LogP contribution in [-0.2, 0) is 58.8 Å². The van der Waals surface area contributed by atoms with Crippen LogP contribution in [0.3, 0.4) is 0 Å². The van der Waals surface area contributed by atoms with E-state index in [2.05, 4.69) is 31.1 Å². The van der Waals surface area contributed by atoms with Gasteiger partial charge in [0.15, 0.2) is 0 Å². The lowest BCUT2D eigenvalue weighted by atomic mass is 10.1. The Morgan fingerprint density at radius 2 is 1.29 bits per heavy atom. The third-order valence-electron chi connectivity index (χ3n) is 13.0. The number of hydrogen-bond acceptors (Lipinski definition) is 15. The van der Waals surface area contributed by atoms with Gasteiger partial charge in [-0.05, 0) is 70.5 Å². The van der Waals surface area contributed by atoms with Gasteiger partial charge in [-0.15, -0.1) is 0 Å². The molecule has 1 aliphatic rings. The SMILES string of the molecule is CCn1nc(C)cc1C(=O)Nc1nc2cc(C(N)=O)cc(OC)c2n1C/C=C/Cn1c(NC(=O)c2cc(C)nn2CC)nc2cc(C(N)=O)cc(OCCCN(C)C(=O)[C@H](Cc3cn(C)cn3)NC(=O)CCN3C(=O)C=CC3=O)c21. The number of benzene rings is 2. The second-order valence-electron chi connectivity index (χ2n) is 18.8. The molecule has 2 aromatic carbocycles. The fourth-order valence-electron chi connectivity index (χ4n) is 9.16. The van der Waals surface area contributed by atoms with Gasteiger partial charge in [0.1, 0.15) is 40.0 Å². The average molecular weight is 1100 g/mol. The number of carbonyl (C=O) groups is 8. The zero-order valence-electron chi connectivity index (χ0n) is 45.2. The molecule has 0 spiro atoms. The summed E-state index contributed by atoms with van der Waals surface area (Å²) in [5.41, 5.74) is 15.5. The molecule has 0 saturated carbocycles. The maximum absolute atomic E-state index is 14.0. The van der Waals surface area contributed by atoms with E-state index < -0.39 is 53.3 Å². The number of aromatic nitrogens is 10. The molecule has 1 aliphatic heterocycles. The number of primary amides is 2. The van der Waals surface area contributed by atoms with Gasteiger partial charge in [-0.25, -0.2) is 15.0 Å². The number of rotatable bonds is 25. The van der Waals surface area contributed by atoms with Crippen molar-refractivity contribution in [1.29, 1.82) is 0 Å². The number of aryl methyl sites for hydroxylation is 5. The number of carbonyl (C=O) groups excluding carboxylic acids is 8. The Labute approximate surface area is 457 Å². The first kappa shape index (κ1) is 56.3. The van der Waals surface area contributed by atoms with Gasteiger partial charge < -0.3 is 44.9 Å². The van der Waals surface area contributed by atoms with E-state index in [0.717, 1.165) is 17.1 Å². The minimum atomic E-state index is -1.05. The van der Waals surface area contributed by atoms with Gasteiger partial charge in [0.2, 0.25) is 35.5 Å². The van der Waals surface area contributed by atoms with E-state index in [1.54, 1.807) is 87.8 Å². The Kier molecular flexibility index (Phi) is 17.0. The molecule has 5 aromatic heterocycles. The summed E-state index contributed by atoms with van der Waals surface area (Å²) in [6, 6.07) is 8.18. The minimum Gasteiger partial charge on any atom is -0.494 e. The first-order chi connectivity index (χ1) is 38.3. The molecule has 0 unspecified atom stereocenters. The quantitative estimate of drug-likeness (QED) is 0.0312. The highest BCUT2D eigenvalue weighted by Gasteiger charge is 2.29. The summed E-state index contributed by atoms with van der Waals surface area (Å²) < 4.78 is 20.3. The number of likely N-dealkylation sites (N-methyl/N-ethyl adjacent to an activating group) is 1. The summed E-state index contributed by atoms with van der Waals surface area (Å²) in [6.45, 7) is 8.19. The third kappa shape index (κ3) is 12.4. The molecule has 8 amide bonds. The molecule has 0 saturated heterocycles. The lowest BCUT2D eigenvalue weighted by Crippen LogP contribution is -2.49. The van der Waals surface area contributed by atoms with Crippen molar-refractivity contribution in [2.45, 2.75) is 79.2 Å². The lowest BCUT2D eigenvalue weighted by molar-refractivity contribution is -0.138. The zero-order valence-corrected chi connectivity index (χ0v) is 45.2. The fraction of sp³-hybridized carbons (Fsp3) is 0.340. The minimum absolute atomic E-state index is 0.00405. The van der Waals surface area contributed by atoms with Crippen LogP contribution in [0.1, 0.15) is 85.5 Å². The lowest BCUT2D eigenvalue weighted by Gasteiger charge is -2.25. The Balaban J connectivity index is 1.07. The van der Waals surface area contributed by atoms with Crippen molar-refractivity contribution in [2.75, 3.05) is 44.5 Å². The van der Waals surface area contributed by atoms with E-state index in [0.29, 0.717) is 52.4 Å². The molecule has 6 heterocycles. The molecule has 0 aliphatic carbocycles. The highest BCUT2D eigenvalue weighted by atomic mass is 16.5. The highest BCUT2D eigenvalue weighted by molar-refractivity contribution is 6.13. The Morgan fingerprint density at radius 3 is 1.77 bits per heavy atom. The number of ether oxygens (including phenoxy) is 2. The van der Waals surface area contributed by atoms with Crippen LogP contribution in [-0.4, -0.2) is 145 Å². The largest absolute Gasteiger partial charge is 0.494 e. The molecular formula is C53H61N17O10. The van der Waals surface area contributed by atoms with Gasteiger partial charge in [0.25, 0.3) is 23.6 Å². The van der Waals surface area contributed by atoms with E-state index in [9.17, 15) is 38.4 Å². The number of methoxy groups -OCH3 is 1. The average Bonchev–Trinajstić information content (AvgIpc) is 4.39. The van der Waals surface area contributed by atoms with Crippen molar-refractivity contribution >= 4 is 81.2 Å². The van der Waals surface area contributed by atoms with Crippen LogP contribution >= 0.6 is 0 Å². The van der Waals surface area contributed by atoms with E-state index in [-0.39, 0.29) is 97.8 Å². The van der Waals surface area contributed by atoms with Crippen molar-refractivity contribution in [3.8, 4) is 11.5 Å². The maximum Gasteiger partial charge on any atom is 0.276 e. The van der Waals surface area contributed by atoms with Crippen molar-refractivity contribution in [2.24, 2.45) is 18.5 Å². The topological polar surface area (TPSA) is 339 Å². The van der Waals surface area contributed by atoms with Crippen LogP contribution in [0.5, 0.6) is 11.5 Å². The summed E-state index contributed by atoms with van der Waals surface area (Å²) in [5.74, 6) is -3.89. The second-order valence-corrected chi connectivity index (χ2v) is 18.8. The number of nitrogens with one attached hydrogen (secondary N) is 3. The number of anilines is 2. The van der Waals surface area contributed by atoms with Crippen molar-refractivity contribution in [3.63, 3.8) is 0 Å². The van der Waals surface area contributed by atoms with Crippen molar-refractivity contribution in [1.82, 2.24) is 63.3 Å². The fourth-order valence-corrected chi connectivity index (χ4v) is 9.16. The molecule has 0 radical (unpaired) electrons. The third-order valence-corrected chi connectivity index (χ3v) is 13.0. The molecule has 27 heteroatoms. The smallest absolute Gasteiger partial charge is 0.276 e. The van der Waals surface area contributed by atoms with Gasteiger partial charge in [0.05, 0.1) is 48.2 Å². The molecule has 0 bridgehead atoms. The predicted molar refractivity (Wildman–Crippen MR) is 290 cm³/mol. The van der Waals surface area contributed by atoms with E-state index in [4.69, 9.17) is 30.9 Å². The Bertz CT molecular complexity index is 3630. The number of nitrogens with two attached hydrogens (primary N) is 2. The normalized spacial score (nSPS) is 12.7. The standard InChI is InChI=1S/C53H61N17O10/c1-8-69-38(21-30(3)62-69)49(76)60-52-58-35-23-32(47(54)74)25-40(79-7)45(35)67(52)17-10-11-18-68-46-36(59-53(68)61-50(77)39-22-31(4)63-70(39)9-2)24-33(48(55)75)26-41(46)80-20-12-16-65(6)51(78)37(27-34-28-64(5)29-56-34)57-42(71)15-19-66-43(72)13-14-44(66)73/h10-11,13-14,21-26,28-29,37H,8-9,12,15-20,27H2,1-7H3,(H2,54,74)(H2,55,75)(H,57,71)(H,58,60,76)(H,59,61,77)/b11-10+/t37-/m0/s1.